The van der Waals surface area contributed by atoms with Gasteiger partial charge in [-0.25, -0.2) is 9.82 Å². The zero-order chi connectivity index (χ0) is 25.0. The number of aromatic hydroxyl groups is 1. The topological polar surface area (TPSA) is 91.6 Å². The highest BCUT2D eigenvalue weighted by Gasteiger charge is 2.42. The lowest BCUT2D eigenvalue weighted by Crippen LogP contribution is -2.53. The third kappa shape index (κ3) is 4.12. The number of pyridine rings is 1. The van der Waals surface area contributed by atoms with Gasteiger partial charge in [-0.1, -0.05) is 24.3 Å². The number of halogens is 1. The molecule has 2 N–H and O–H groups in total. The van der Waals surface area contributed by atoms with Crippen molar-refractivity contribution in [2.75, 3.05) is 0 Å². The fourth-order valence-corrected chi connectivity index (χ4v) is 4.99. The second-order valence-electron chi connectivity index (χ2n) is 9.88. The number of nitrogens with one attached hydrogen (secondary N) is 1. The van der Waals surface area contributed by atoms with Gasteiger partial charge in [-0.15, -0.1) is 0 Å². The highest BCUT2D eigenvalue weighted by Crippen LogP contribution is 2.43. The van der Waals surface area contributed by atoms with Gasteiger partial charge < -0.3 is 9.67 Å². The molecule has 0 bridgehead atoms. The number of rotatable bonds is 5. The first kappa shape index (κ1) is 23.2. The number of carbonyl (C=O) groups is 2. The zero-order valence-electron chi connectivity index (χ0n) is 19.8. The molecule has 1 fully saturated rings. The Bertz CT molecular complexity index is 1340. The van der Waals surface area contributed by atoms with E-state index in [4.69, 9.17) is 0 Å². The van der Waals surface area contributed by atoms with Crippen molar-refractivity contribution < 1.29 is 19.1 Å². The molecule has 3 aliphatic rings. The summed E-state index contributed by atoms with van der Waals surface area (Å²) in [5.41, 5.74) is 5.45. The average molecular weight is 478 g/mol. The molecule has 2 heterocycles. The Morgan fingerprint density at radius 2 is 1.86 bits per heavy atom. The van der Waals surface area contributed by atoms with Gasteiger partial charge in [0, 0.05) is 18.2 Å². The van der Waals surface area contributed by atoms with Crippen molar-refractivity contribution >= 4 is 17.3 Å². The van der Waals surface area contributed by atoms with Crippen molar-refractivity contribution in [1.29, 1.82) is 0 Å². The number of hydrogen-bond acceptors (Lipinski definition) is 5. The first-order valence-corrected chi connectivity index (χ1v) is 11.8. The molecule has 1 saturated carbocycles. The van der Waals surface area contributed by atoms with Crippen LogP contribution in [0.4, 0.5) is 4.39 Å². The van der Waals surface area contributed by atoms with E-state index in [9.17, 15) is 23.9 Å². The quantitative estimate of drug-likeness (QED) is 0.633. The first-order chi connectivity index (χ1) is 16.7. The van der Waals surface area contributed by atoms with Crippen molar-refractivity contribution in [1.82, 2.24) is 15.0 Å². The standard InChI is InChI=1S/C27H28FN3O4/c1-14(2)18-10-20(15(3)22(32)11-18)21-13-30-23(25(34)24(21)33)27(35)31(29-26(30)17-6-7-17)12-16-4-8-19(28)9-5-16/h4-5,8-9,13,17-18,26,29,34H,1,6-7,10-12H2,2-3H3. The van der Waals surface area contributed by atoms with Crippen molar-refractivity contribution in [2.45, 2.75) is 52.2 Å². The SMILES string of the molecule is C=C(C)C1CC(=O)C(C)=C(c2cn3c(c(O)c2=O)C(=O)N(Cc2ccc(F)cc2)NC3C2CC2)C1. The van der Waals surface area contributed by atoms with Gasteiger partial charge in [-0.05, 0) is 73.8 Å². The fraction of sp³-hybridized carbons (Fsp3) is 0.370. The van der Waals surface area contributed by atoms with E-state index in [1.165, 1.54) is 17.1 Å². The van der Waals surface area contributed by atoms with Gasteiger partial charge in [0.25, 0.3) is 5.91 Å². The van der Waals surface area contributed by atoms with Crippen LogP contribution in [0.2, 0.25) is 0 Å². The minimum atomic E-state index is -0.660. The van der Waals surface area contributed by atoms with E-state index in [1.54, 1.807) is 29.8 Å². The van der Waals surface area contributed by atoms with Crippen molar-refractivity contribution in [3.05, 3.63) is 81.0 Å². The Labute approximate surface area is 202 Å². The monoisotopic (exact) mass is 477 g/mol. The smallest absolute Gasteiger partial charge is 0.289 e. The van der Waals surface area contributed by atoms with Crippen LogP contribution in [0, 0.1) is 17.7 Å². The summed E-state index contributed by atoms with van der Waals surface area (Å²) >= 11 is 0. The summed E-state index contributed by atoms with van der Waals surface area (Å²) in [6.45, 7) is 7.72. The summed E-state index contributed by atoms with van der Waals surface area (Å²) in [6.07, 6.45) is 3.99. The molecule has 0 spiro atoms. The van der Waals surface area contributed by atoms with Gasteiger partial charge in [0.15, 0.2) is 17.2 Å². The van der Waals surface area contributed by atoms with Crippen LogP contribution in [0.25, 0.3) is 5.57 Å². The number of allylic oxidation sites excluding steroid dienone is 3. The highest BCUT2D eigenvalue weighted by molar-refractivity contribution is 6.04. The minimum Gasteiger partial charge on any atom is -0.503 e. The third-order valence-corrected chi connectivity index (χ3v) is 7.34. The molecule has 182 valence electrons. The van der Waals surface area contributed by atoms with E-state index in [0.29, 0.717) is 29.6 Å². The van der Waals surface area contributed by atoms with Crippen LogP contribution in [-0.2, 0) is 11.3 Å². The zero-order valence-corrected chi connectivity index (χ0v) is 19.8. The summed E-state index contributed by atoms with van der Waals surface area (Å²) in [4.78, 5) is 39.4. The summed E-state index contributed by atoms with van der Waals surface area (Å²) in [7, 11) is 0. The predicted octanol–water partition coefficient (Wildman–Crippen LogP) is 4.09. The number of benzene rings is 1. The molecule has 2 aromatic rings. The number of Topliss-reactive ketones (excluding diaryl/α,β-unsaturated/α-hetero) is 1. The molecule has 1 amide bonds. The van der Waals surface area contributed by atoms with Gasteiger partial charge >= 0.3 is 0 Å². The number of carbonyl (C=O) groups excluding carboxylic acids is 2. The van der Waals surface area contributed by atoms with Gasteiger partial charge in [0.1, 0.15) is 12.0 Å². The molecule has 2 aliphatic carbocycles. The molecule has 2 unspecified atom stereocenters. The molecule has 1 aromatic heterocycles. The predicted molar refractivity (Wildman–Crippen MR) is 129 cm³/mol. The molecule has 1 aromatic carbocycles. The van der Waals surface area contributed by atoms with E-state index in [2.05, 4.69) is 12.0 Å². The lowest BCUT2D eigenvalue weighted by Gasteiger charge is -2.38. The molecule has 7 nitrogen and oxygen atoms in total. The number of hydrazine groups is 1. The lowest BCUT2D eigenvalue weighted by atomic mass is 9.78. The Balaban J connectivity index is 1.59. The normalized spacial score (nSPS) is 22.4. The Kier molecular flexibility index (Phi) is 5.71. The van der Waals surface area contributed by atoms with E-state index in [0.717, 1.165) is 18.4 Å². The van der Waals surface area contributed by atoms with Gasteiger partial charge in [-0.3, -0.25) is 19.4 Å². The van der Waals surface area contributed by atoms with Gasteiger partial charge in [0.05, 0.1) is 6.54 Å². The maximum absolute atomic E-state index is 13.4. The Morgan fingerprint density at radius 3 is 2.49 bits per heavy atom. The number of fused-ring (bicyclic) bond motifs is 1. The lowest BCUT2D eigenvalue weighted by molar-refractivity contribution is -0.116. The summed E-state index contributed by atoms with van der Waals surface area (Å²) in [6, 6.07) is 5.83. The molecule has 5 rings (SSSR count). The second-order valence-corrected chi connectivity index (χ2v) is 9.88. The van der Waals surface area contributed by atoms with Gasteiger partial charge in [0.2, 0.25) is 5.43 Å². The molecule has 8 heteroatoms. The number of aromatic nitrogens is 1. The van der Waals surface area contributed by atoms with Crippen LogP contribution in [-0.4, -0.2) is 26.4 Å². The van der Waals surface area contributed by atoms with E-state index >= 15 is 0 Å². The molecule has 0 saturated heterocycles. The third-order valence-electron chi connectivity index (χ3n) is 7.34. The van der Waals surface area contributed by atoms with E-state index in [-0.39, 0.29) is 47.4 Å². The minimum absolute atomic E-state index is 0.0423. The molecule has 2 atom stereocenters. The maximum atomic E-state index is 13.4. The highest BCUT2D eigenvalue weighted by atomic mass is 19.1. The van der Waals surface area contributed by atoms with Gasteiger partial charge in [-0.2, -0.15) is 0 Å². The molecule has 0 radical (unpaired) electrons. The fourth-order valence-electron chi connectivity index (χ4n) is 4.99. The van der Waals surface area contributed by atoms with Crippen molar-refractivity contribution in [2.24, 2.45) is 11.8 Å². The summed E-state index contributed by atoms with van der Waals surface area (Å²) in [5.74, 6) is -1.43. The number of hydrogen-bond donors (Lipinski definition) is 2. The summed E-state index contributed by atoms with van der Waals surface area (Å²) < 4.78 is 15.0. The van der Waals surface area contributed by atoms with Crippen molar-refractivity contribution in [3.63, 3.8) is 0 Å². The largest absolute Gasteiger partial charge is 0.503 e. The number of ketones is 1. The van der Waals surface area contributed by atoms with Crippen LogP contribution in [0.3, 0.4) is 0 Å². The Hall–Kier alpha value is -3.52. The van der Waals surface area contributed by atoms with Crippen LogP contribution in [0.1, 0.15) is 67.3 Å². The molecular weight excluding hydrogens is 449 g/mol. The summed E-state index contributed by atoms with van der Waals surface area (Å²) in [5, 5.41) is 12.4. The Morgan fingerprint density at radius 1 is 1.17 bits per heavy atom. The average Bonchev–Trinajstić information content (AvgIpc) is 3.66. The molecular formula is C27H28FN3O4. The number of amides is 1. The van der Waals surface area contributed by atoms with E-state index < -0.39 is 17.1 Å². The van der Waals surface area contributed by atoms with Crippen LogP contribution in [0.15, 0.2) is 53.0 Å². The van der Waals surface area contributed by atoms with E-state index in [1.807, 2.05) is 6.92 Å². The molecule has 1 aliphatic heterocycles. The van der Waals surface area contributed by atoms with Crippen LogP contribution in [0.5, 0.6) is 5.75 Å². The van der Waals surface area contributed by atoms with Crippen molar-refractivity contribution in [3.8, 4) is 5.75 Å². The number of nitrogens with zero attached hydrogens (tertiary/aromatic N) is 2. The van der Waals surface area contributed by atoms with Crippen LogP contribution < -0.4 is 10.9 Å². The first-order valence-electron chi connectivity index (χ1n) is 11.8. The maximum Gasteiger partial charge on any atom is 0.289 e. The molecule has 35 heavy (non-hydrogen) atoms. The van der Waals surface area contributed by atoms with Crippen LogP contribution >= 0.6 is 0 Å². The second kappa shape index (κ2) is 8.61.